The SMILES string of the molecule is CCN(C(=O)CN1CCC(N)C1)C1CC1. The molecule has 1 aliphatic heterocycles. The highest BCUT2D eigenvalue weighted by atomic mass is 16.2. The summed E-state index contributed by atoms with van der Waals surface area (Å²) in [5.41, 5.74) is 5.82. The van der Waals surface area contributed by atoms with Crippen LogP contribution in [0.4, 0.5) is 0 Å². The standard InChI is InChI=1S/C11H21N3O/c1-2-14(10-3-4-10)11(15)8-13-6-5-9(12)7-13/h9-10H,2-8,12H2,1H3. The summed E-state index contributed by atoms with van der Waals surface area (Å²) in [7, 11) is 0. The Morgan fingerprint density at radius 1 is 1.47 bits per heavy atom. The summed E-state index contributed by atoms with van der Waals surface area (Å²) < 4.78 is 0. The van der Waals surface area contributed by atoms with E-state index in [1.54, 1.807) is 0 Å². The van der Waals surface area contributed by atoms with Crippen molar-refractivity contribution in [3.8, 4) is 0 Å². The van der Waals surface area contributed by atoms with Crippen LogP contribution in [0.25, 0.3) is 0 Å². The lowest BCUT2D eigenvalue weighted by Gasteiger charge is -2.23. The van der Waals surface area contributed by atoms with Crippen LogP contribution < -0.4 is 5.73 Å². The first kappa shape index (κ1) is 10.9. The zero-order chi connectivity index (χ0) is 10.8. The fourth-order valence-corrected chi connectivity index (χ4v) is 2.31. The number of likely N-dealkylation sites (N-methyl/N-ethyl adjacent to an activating group) is 1. The first-order valence-electron chi connectivity index (χ1n) is 5.98. The number of amides is 1. The minimum Gasteiger partial charge on any atom is -0.339 e. The molecule has 0 aromatic carbocycles. The van der Waals surface area contributed by atoms with Gasteiger partial charge in [-0.05, 0) is 26.2 Å². The Balaban J connectivity index is 1.80. The van der Waals surface area contributed by atoms with Crippen molar-refractivity contribution in [1.29, 1.82) is 0 Å². The van der Waals surface area contributed by atoms with Crippen molar-refractivity contribution in [3.63, 3.8) is 0 Å². The topological polar surface area (TPSA) is 49.6 Å². The third kappa shape index (κ3) is 2.69. The Bertz CT molecular complexity index is 240. The molecule has 4 nitrogen and oxygen atoms in total. The zero-order valence-electron chi connectivity index (χ0n) is 9.48. The highest BCUT2D eigenvalue weighted by Gasteiger charge is 2.32. The van der Waals surface area contributed by atoms with Gasteiger partial charge in [0.1, 0.15) is 0 Å². The molecule has 2 N–H and O–H groups in total. The fourth-order valence-electron chi connectivity index (χ4n) is 2.31. The number of nitrogens with zero attached hydrogens (tertiary/aromatic N) is 2. The van der Waals surface area contributed by atoms with E-state index in [9.17, 15) is 4.79 Å². The van der Waals surface area contributed by atoms with E-state index in [0.29, 0.717) is 12.6 Å². The van der Waals surface area contributed by atoms with Crippen LogP contribution in [-0.2, 0) is 4.79 Å². The molecule has 2 rings (SSSR count). The molecule has 1 atom stereocenters. The predicted molar refractivity (Wildman–Crippen MR) is 59.4 cm³/mol. The van der Waals surface area contributed by atoms with Gasteiger partial charge in [0.25, 0.3) is 0 Å². The van der Waals surface area contributed by atoms with E-state index in [2.05, 4.69) is 11.8 Å². The summed E-state index contributed by atoms with van der Waals surface area (Å²) in [5, 5.41) is 0. The van der Waals surface area contributed by atoms with Crippen molar-refractivity contribution < 1.29 is 4.79 Å². The molecule has 1 saturated heterocycles. The molecule has 2 aliphatic rings. The lowest BCUT2D eigenvalue weighted by atomic mass is 10.3. The second-order valence-corrected chi connectivity index (χ2v) is 4.69. The Labute approximate surface area is 91.4 Å². The van der Waals surface area contributed by atoms with Crippen LogP contribution in [0.15, 0.2) is 0 Å². The van der Waals surface area contributed by atoms with Crippen molar-refractivity contribution in [2.75, 3.05) is 26.2 Å². The molecule has 0 spiro atoms. The van der Waals surface area contributed by atoms with E-state index >= 15 is 0 Å². The molecule has 2 fully saturated rings. The molecule has 1 aliphatic carbocycles. The smallest absolute Gasteiger partial charge is 0.236 e. The van der Waals surface area contributed by atoms with Crippen LogP contribution >= 0.6 is 0 Å². The van der Waals surface area contributed by atoms with Crippen LogP contribution in [-0.4, -0.2) is 54.0 Å². The predicted octanol–water partition coefficient (Wildman–Crippen LogP) is 0.0303. The third-order valence-corrected chi connectivity index (χ3v) is 3.32. The number of carbonyl (C=O) groups excluding carboxylic acids is 1. The van der Waals surface area contributed by atoms with Crippen LogP contribution in [0, 0.1) is 0 Å². The number of nitrogens with two attached hydrogens (primary N) is 1. The molecule has 1 heterocycles. The second-order valence-electron chi connectivity index (χ2n) is 4.69. The Kier molecular flexibility index (Phi) is 3.26. The van der Waals surface area contributed by atoms with Crippen molar-refractivity contribution in [2.24, 2.45) is 5.73 Å². The summed E-state index contributed by atoms with van der Waals surface area (Å²) >= 11 is 0. The highest BCUT2D eigenvalue weighted by molar-refractivity contribution is 5.79. The summed E-state index contributed by atoms with van der Waals surface area (Å²) in [6.45, 7) is 5.34. The molecule has 15 heavy (non-hydrogen) atoms. The summed E-state index contributed by atoms with van der Waals surface area (Å²) in [4.78, 5) is 16.2. The van der Waals surface area contributed by atoms with E-state index < -0.39 is 0 Å². The summed E-state index contributed by atoms with van der Waals surface area (Å²) in [5.74, 6) is 0.286. The van der Waals surface area contributed by atoms with E-state index in [1.807, 2.05) is 4.90 Å². The van der Waals surface area contributed by atoms with Gasteiger partial charge in [0.05, 0.1) is 6.54 Å². The van der Waals surface area contributed by atoms with Gasteiger partial charge in [-0.15, -0.1) is 0 Å². The van der Waals surface area contributed by atoms with Gasteiger partial charge in [0.15, 0.2) is 0 Å². The Hall–Kier alpha value is -0.610. The number of hydrogen-bond acceptors (Lipinski definition) is 3. The maximum absolute atomic E-state index is 12.0. The Morgan fingerprint density at radius 3 is 2.67 bits per heavy atom. The molecule has 4 heteroatoms. The van der Waals surface area contributed by atoms with Gasteiger partial charge >= 0.3 is 0 Å². The normalized spacial score (nSPS) is 26.9. The summed E-state index contributed by atoms with van der Waals surface area (Å²) in [6.07, 6.45) is 3.42. The maximum atomic E-state index is 12.0. The molecule has 1 unspecified atom stereocenters. The number of likely N-dealkylation sites (tertiary alicyclic amines) is 1. The van der Waals surface area contributed by atoms with E-state index in [-0.39, 0.29) is 11.9 Å². The van der Waals surface area contributed by atoms with Crippen LogP contribution in [0.5, 0.6) is 0 Å². The molecule has 86 valence electrons. The Morgan fingerprint density at radius 2 is 2.20 bits per heavy atom. The third-order valence-electron chi connectivity index (χ3n) is 3.32. The molecule has 0 aromatic heterocycles. The van der Waals surface area contributed by atoms with Gasteiger partial charge in [-0.1, -0.05) is 0 Å². The van der Waals surface area contributed by atoms with Crippen molar-refractivity contribution in [2.45, 2.75) is 38.3 Å². The molecule has 0 aromatic rings. The minimum absolute atomic E-state index is 0.272. The van der Waals surface area contributed by atoms with Crippen LogP contribution in [0.2, 0.25) is 0 Å². The first-order valence-corrected chi connectivity index (χ1v) is 5.98. The quantitative estimate of drug-likeness (QED) is 0.714. The van der Waals surface area contributed by atoms with Crippen molar-refractivity contribution in [1.82, 2.24) is 9.80 Å². The average molecular weight is 211 g/mol. The average Bonchev–Trinajstić information content (AvgIpc) is 2.93. The highest BCUT2D eigenvalue weighted by Crippen LogP contribution is 2.26. The van der Waals surface area contributed by atoms with Gasteiger partial charge in [0.2, 0.25) is 5.91 Å². The molecule has 1 amide bonds. The zero-order valence-corrected chi connectivity index (χ0v) is 9.48. The monoisotopic (exact) mass is 211 g/mol. The van der Waals surface area contributed by atoms with Crippen LogP contribution in [0.3, 0.4) is 0 Å². The van der Waals surface area contributed by atoms with E-state index in [0.717, 1.165) is 26.1 Å². The second kappa shape index (κ2) is 4.49. The first-order chi connectivity index (χ1) is 7.20. The summed E-state index contributed by atoms with van der Waals surface area (Å²) in [6, 6.07) is 0.813. The molecule has 0 bridgehead atoms. The molecule has 1 saturated carbocycles. The van der Waals surface area contributed by atoms with Gasteiger partial charge in [-0.3, -0.25) is 9.69 Å². The van der Waals surface area contributed by atoms with Crippen LogP contribution in [0.1, 0.15) is 26.2 Å². The number of hydrogen-bond donors (Lipinski definition) is 1. The van der Waals surface area contributed by atoms with E-state index in [1.165, 1.54) is 12.8 Å². The molecular formula is C11H21N3O. The maximum Gasteiger partial charge on any atom is 0.236 e. The van der Waals surface area contributed by atoms with Gasteiger partial charge in [-0.25, -0.2) is 0 Å². The van der Waals surface area contributed by atoms with E-state index in [4.69, 9.17) is 5.73 Å². The lowest BCUT2D eigenvalue weighted by Crippen LogP contribution is -2.41. The number of carbonyl (C=O) groups is 1. The van der Waals surface area contributed by atoms with Gasteiger partial charge in [-0.2, -0.15) is 0 Å². The van der Waals surface area contributed by atoms with Crippen molar-refractivity contribution in [3.05, 3.63) is 0 Å². The molecular weight excluding hydrogens is 190 g/mol. The van der Waals surface area contributed by atoms with Crippen molar-refractivity contribution >= 4 is 5.91 Å². The van der Waals surface area contributed by atoms with Gasteiger partial charge < -0.3 is 10.6 Å². The minimum atomic E-state index is 0.272. The largest absolute Gasteiger partial charge is 0.339 e. The fraction of sp³-hybridized carbons (Fsp3) is 0.909. The molecule has 0 radical (unpaired) electrons. The van der Waals surface area contributed by atoms with Gasteiger partial charge in [0, 0.05) is 31.7 Å². The number of rotatable bonds is 4. The lowest BCUT2D eigenvalue weighted by molar-refractivity contribution is -0.132.